The van der Waals surface area contributed by atoms with Gasteiger partial charge in [0.2, 0.25) is 0 Å². The fourth-order valence-corrected chi connectivity index (χ4v) is 4.21. The number of morpholine rings is 1. The fourth-order valence-electron chi connectivity index (χ4n) is 4.21. The van der Waals surface area contributed by atoms with E-state index in [-0.39, 0.29) is 5.91 Å². The largest absolute Gasteiger partial charge is 0.380 e. The summed E-state index contributed by atoms with van der Waals surface area (Å²) >= 11 is 0. The van der Waals surface area contributed by atoms with Crippen LogP contribution in [0.25, 0.3) is 0 Å². The van der Waals surface area contributed by atoms with E-state index in [9.17, 15) is 4.79 Å². The summed E-state index contributed by atoms with van der Waals surface area (Å²) in [6.07, 6.45) is 2.13. The Morgan fingerprint density at radius 2 is 2.00 bits per heavy atom. The van der Waals surface area contributed by atoms with Crippen molar-refractivity contribution in [2.45, 2.75) is 46.2 Å². The Bertz CT molecular complexity index is 604. The van der Waals surface area contributed by atoms with Gasteiger partial charge in [-0.25, -0.2) is 0 Å². The second kappa shape index (κ2) is 9.66. The number of carbonyl (C=O) groups is 1. The Hall–Kier alpha value is -1.44. The van der Waals surface area contributed by atoms with Gasteiger partial charge < -0.3 is 14.4 Å². The molecule has 1 unspecified atom stereocenters. The summed E-state index contributed by atoms with van der Waals surface area (Å²) in [5.41, 5.74) is 1.57. The van der Waals surface area contributed by atoms with Crippen LogP contribution in [-0.4, -0.2) is 84.1 Å². The van der Waals surface area contributed by atoms with Crippen molar-refractivity contribution in [3.05, 3.63) is 17.5 Å². The number of aromatic nitrogens is 2. The number of amides is 1. The zero-order valence-corrected chi connectivity index (χ0v) is 17.0. The number of aryl methyl sites for hydroxylation is 1. The van der Waals surface area contributed by atoms with Crippen LogP contribution < -0.4 is 0 Å². The summed E-state index contributed by atoms with van der Waals surface area (Å²) in [4.78, 5) is 17.6. The summed E-state index contributed by atoms with van der Waals surface area (Å²) in [7, 11) is 0. The molecule has 2 aliphatic heterocycles. The van der Waals surface area contributed by atoms with E-state index in [1.54, 1.807) is 4.68 Å². The molecule has 0 aliphatic carbocycles. The Morgan fingerprint density at radius 1 is 1.30 bits per heavy atom. The SMILES string of the molecule is CCOCCn1nc(C)cc1C(=O)N1CCC(C(C)N2CCOCC2)CC1. The monoisotopic (exact) mass is 378 g/mol. The topological polar surface area (TPSA) is 59.8 Å². The molecule has 1 atom stereocenters. The quantitative estimate of drug-likeness (QED) is 0.677. The minimum absolute atomic E-state index is 0.101. The first-order valence-corrected chi connectivity index (χ1v) is 10.3. The maximum absolute atomic E-state index is 13.0. The minimum Gasteiger partial charge on any atom is -0.380 e. The van der Waals surface area contributed by atoms with Crippen LogP contribution in [0.4, 0.5) is 0 Å². The van der Waals surface area contributed by atoms with E-state index in [1.807, 2.05) is 24.8 Å². The number of piperidine rings is 1. The Balaban J connectivity index is 1.55. The Kier molecular flexibility index (Phi) is 7.26. The highest BCUT2D eigenvalue weighted by Crippen LogP contribution is 2.25. The van der Waals surface area contributed by atoms with E-state index in [0.29, 0.717) is 37.4 Å². The average Bonchev–Trinajstić information content (AvgIpc) is 3.08. The van der Waals surface area contributed by atoms with Crippen LogP contribution in [0.5, 0.6) is 0 Å². The van der Waals surface area contributed by atoms with Gasteiger partial charge in [-0.15, -0.1) is 0 Å². The molecule has 2 saturated heterocycles. The molecular formula is C20H34N4O3. The minimum atomic E-state index is 0.101. The fraction of sp³-hybridized carbons (Fsp3) is 0.800. The van der Waals surface area contributed by atoms with Gasteiger partial charge in [0.15, 0.2) is 0 Å². The van der Waals surface area contributed by atoms with E-state index in [2.05, 4.69) is 16.9 Å². The number of hydrogen-bond donors (Lipinski definition) is 0. The van der Waals surface area contributed by atoms with E-state index in [4.69, 9.17) is 9.47 Å². The third-order valence-electron chi connectivity index (χ3n) is 5.90. The van der Waals surface area contributed by atoms with Crippen LogP contribution in [0.15, 0.2) is 6.07 Å². The van der Waals surface area contributed by atoms with Crippen molar-refractivity contribution in [3.8, 4) is 0 Å². The van der Waals surface area contributed by atoms with Crippen molar-refractivity contribution in [3.63, 3.8) is 0 Å². The first-order valence-electron chi connectivity index (χ1n) is 10.3. The van der Waals surface area contributed by atoms with Gasteiger partial charge in [0, 0.05) is 38.8 Å². The second-order valence-corrected chi connectivity index (χ2v) is 7.61. The van der Waals surface area contributed by atoms with Crippen LogP contribution in [0.3, 0.4) is 0 Å². The molecule has 152 valence electrons. The molecule has 0 spiro atoms. The van der Waals surface area contributed by atoms with Gasteiger partial charge in [-0.3, -0.25) is 14.4 Å². The van der Waals surface area contributed by atoms with Gasteiger partial charge in [-0.1, -0.05) is 0 Å². The van der Waals surface area contributed by atoms with Crippen LogP contribution in [0, 0.1) is 12.8 Å². The third kappa shape index (κ3) is 5.09. The number of hydrogen-bond acceptors (Lipinski definition) is 5. The molecule has 0 saturated carbocycles. The Morgan fingerprint density at radius 3 is 2.67 bits per heavy atom. The Labute approximate surface area is 162 Å². The highest BCUT2D eigenvalue weighted by molar-refractivity contribution is 5.92. The molecule has 0 bridgehead atoms. The number of nitrogens with zero attached hydrogens (tertiary/aromatic N) is 4. The van der Waals surface area contributed by atoms with E-state index in [1.165, 1.54) is 0 Å². The molecule has 27 heavy (non-hydrogen) atoms. The van der Waals surface area contributed by atoms with Gasteiger partial charge in [0.25, 0.3) is 5.91 Å². The summed E-state index contributed by atoms with van der Waals surface area (Å²) in [6, 6.07) is 2.46. The molecule has 0 radical (unpaired) electrons. The molecule has 2 fully saturated rings. The first kappa shape index (κ1) is 20.3. The first-order chi connectivity index (χ1) is 13.1. The van der Waals surface area contributed by atoms with Crippen molar-refractivity contribution in [1.29, 1.82) is 0 Å². The molecule has 0 aromatic carbocycles. The summed E-state index contributed by atoms with van der Waals surface area (Å²) in [6.45, 7) is 13.5. The zero-order chi connectivity index (χ0) is 19.2. The standard InChI is InChI=1S/C20H34N4O3/c1-4-26-14-11-24-19(15-16(2)21-24)20(25)23-7-5-18(6-8-23)17(3)22-9-12-27-13-10-22/h15,17-18H,4-14H2,1-3H3. The summed E-state index contributed by atoms with van der Waals surface area (Å²) in [5.74, 6) is 0.751. The van der Waals surface area contributed by atoms with Gasteiger partial charge in [0.05, 0.1) is 32.1 Å². The van der Waals surface area contributed by atoms with E-state index >= 15 is 0 Å². The lowest BCUT2D eigenvalue weighted by atomic mass is 9.89. The molecule has 1 aromatic heterocycles. The van der Waals surface area contributed by atoms with E-state index in [0.717, 1.165) is 57.9 Å². The molecule has 1 aromatic rings. The molecule has 7 heteroatoms. The molecular weight excluding hydrogens is 344 g/mol. The van der Waals surface area contributed by atoms with Crippen LogP contribution in [0.2, 0.25) is 0 Å². The zero-order valence-electron chi connectivity index (χ0n) is 17.0. The van der Waals surface area contributed by atoms with Crippen molar-refractivity contribution in [2.24, 2.45) is 5.92 Å². The summed E-state index contributed by atoms with van der Waals surface area (Å²) in [5, 5.41) is 4.47. The van der Waals surface area contributed by atoms with Crippen molar-refractivity contribution < 1.29 is 14.3 Å². The normalized spacial score (nSPS) is 20.8. The van der Waals surface area contributed by atoms with Gasteiger partial charge >= 0.3 is 0 Å². The smallest absolute Gasteiger partial charge is 0.272 e. The molecule has 3 rings (SSSR count). The van der Waals surface area contributed by atoms with Gasteiger partial charge in [0.1, 0.15) is 5.69 Å². The third-order valence-corrected chi connectivity index (χ3v) is 5.90. The molecule has 7 nitrogen and oxygen atoms in total. The molecule has 1 amide bonds. The maximum atomic E-state index is 13.0. The maximum Gasteiger partial charge on any atom is 0.272 e. The highest BCUT2D eigenvalue weighted by atomic mass is 16.5. The average molecular weight is 379 g/mol. The molecule has 0 N–H and O–H groups in total. The number of carbonyl (C=O) groups excluding carboxylic acids is 1. The van der Waals surface area contributed by atoms with Gasteiger partial charge in [-0.05, 0) is 45.6 Å². The van der Waals surface area contributed by atoms with E-state index < -0.39 is 0 Å². The lowest BCUT2D eigenvalue weighted by Crippen LogP contribution is -2.49. The van der Waals surface area contributed by atoms with Crippen LogP contribution in [0.1, 0.15) is 42.9 Å². The second-order valence-electron chi connectivity index (χ2n) is 7.61. The predicted molar refractivity (Wildman–Crippen MR) is 104 cm³/mol. The lowest BCUT2D eigenvalue weighted by molar-refractivity contribution is -0.00103. The van der Waals surface area contributed by atoms with Crippen molar-refractivity contribution in [2.75, 3.05) is 52.6 Å². The van der Waals surface area contributed by atoms with Crippen LogP contribution in [-0.2, 0) is 16.0 Å². The highest BCUT2D eigenvalue weighted by Gasteiger charge is 2.31. The number of ether oxygens (including phenoxy) is 2. The van der Waals surface area contributed by atoms with Crippen molar-refractivity contribution >= 4 is 5.91 Å². The number of likely N-dealkylation sites (tertiary alicyclic amines) is 1. The van der Waals surface area contributed by atoms with Gasteiger partial charge in [-0.2, -0.15) is 5.10 Å². The summed E-state index contributed by atoms with van der Waals surface area (Å²) < 4.78 is 12.7. The predicted octanol–water partition coefficient (Wildman–Crippen LogP) is 1.80. The molecule has 3 heterocycles. The number of rotatable bonds is 7. The van der Waals surface area contributed by atoms with Crippen LogP contribution >= 0.6 is 0 Å². The van der Waals surface area contributed by atoms with Crippen molar-refractivity contribution in [1.82, 2.24) is 19.6 Å². The lowest BCUT2D eigenvalue weighted by Gasteiger charge is -2.41. The molecule has 2 aliphatic rings.